The molecule has 0 amide bonds. The predicted molar refractivity (Wildman–Crippen MR) is 153 cm³/mol. The molecule has 2 aliphatic heterocycles. The molecule has 234 valence electrons. The number of likely N-dealkylation sites (tertiary alicyclic amines) is 1. The van der Waals surface area contributed by atoms with Crippen molar-refractivity contribution in [3.8, 4) is 11.6 Å². The van der Waals surface area contributed by atoms with Crippen molar-refractivity contribution in [2.45, 2.75) is 51.6 Å². The molecule has 0 unspecified atom stereocenters. The van der Waals surface area contributed by atoms with Crippen LogP contribution in [0.1, 0.15) is 53.3 Å². The smallest absolute Gasteiger partial charge is 0.335 e. The van der Waals surface area contributed by atoms with E-state index in [1.807, 2.05) is 4.57 Å². The quantitative estimate of drug-likeness (QED) is 0.262. The molecule has 2 aromatic carbocycles. The van der Waals surface area contributed by atoms with Gasteiger partial charge >= 0.3 is 5.97 Å². The molecule has 3 N–H and O–H groups in total. The Morgan fingerprint density at radius 2 is 1.86 bits per heavy atom. The first-order valence-corrected chi connectivity index (χ1v) is 14.2. The molecule has 0 bridgehead atoms. The molecule has 2 aromatic heterocycles. The summed E-state index contributed by atoms with van der Waals surface area (Å²) < 4.78 is 57.5. The number of carbonyl (C=O) groups is 1. The van der Waals surface area contributed by atoms with Crippen LogP contribution >= 0.6 is 0 Å². The molecule has 0 aliphatic carbocycles. The van der Waals surface area contributed by atoms with E-state index in [-0.39, 0.29) is 36.5 Å². The first kappa shape index (κ1) is 31.2. The third kappa shape index (κ3) is 7.81. The van der Waals surface area contributed by atoms with E-state index in [9.17, 15) is 23.1 Å². The third-order valence-electron chi connectivity index (χ3n) is 7.27. The Hall–Kier alpha value is -4.27. The number of imidazole rings is 1. The van der Waals surface area contributed by atoms with Gasteiger partial charge in [0, 0.05) is 44.1 Å². The van der Waals surface area contributed by atoms with E-state index in [0.29, 0.717) is 23.5 Å². The zero-order chi connectivity index (χ0) is 31.1. The van der Waals surface area contributed by atoms with Gasteiger partial charge in [-0.05, 0) is 55.7 Å². The molecule has 2 fully saturated rings. The van der Waals surface area contributed by atoms with Crippen molar-refractivity contribution in [1.29, 1.82) is 0 Å². The number of halogens is 3. The lowest BCUT2D eigenvalue weighted by atomic mass is 10.1. The first-order chi connectivity index (χ1) is 21.3. The van der Waals surface area contributed by atoms with Gasteiger partial charge in [0.15, 0.2) is 17.4 Å². The summed E-state index contributed by atoms with van der Waals surface area (Å²) in [6.45, 7) is 4.07. The summed E-state index contributed by atoms with van der Waals surface area (Å²) in [5.74, 6) is -0.672. The van der Waals surface area contributed by atoms with E-state index in [0.717, 1.165) is 63.2 Å². The second-order valence-corrected chi connectivity index (χ2v) is 10.3. The number of aromatic nitrogens is 4. The Bertz CT molecular complexity index is 1570. The summed E-state index contributed by atoms with van der Waals surface area (Å²) in [6, 6.07) is 9.44. The number of carboxylic acids is 1. The molecule has 2 aliphatic rings. The molecule has 4 heterocycles. The van der Waals surface area contributed by atoms with Gasteiger partial charge in [-0.25, -0.2) is 27.9 Å². The number of hydrogen-bond donors (Lipinski definition) is 2. The van der Waals surface area contributed by atoms with Crippen LogP contribution in [0.4, 0.5) is 13.2 Å². The van der Waals surface area contributed by atoms with Crippen LogP contribution < -0.4 is 15.2 Å². The van der Waals surface area contributed by atoms with Gasteiger partial charge in [-0.1, -0.05) is 0 Å². The van der Waals surface area contributed by atoms with Gasteiger partial charge in [0.1, 0.15) is 18.5 Å². The highest BCUT2D eigenvalue weighted by molar-refractivity contribution is 5.92. The molecule has 14 heteroatoms. The fourth-order valence-electron chi connectivity index (χ4n) is 4.76. The van der Waals surface area contributed by atoms with E-state index in [1.165, 1.54) is 18.7 Å². The van der Waals surface area contributed by atoms with Crippen LogP contribution in [0.3, 0.4) is 0 Å². The van der Waals surface area contributed by atoms with E-state index < -0.39 is 23.8 Å². The number of carboxylic acid groups (broad SMARTS) is 1. The number of piperidine rings is 1. The SMILES string of the molecule is C1COC1.NCn1c(CN2CCC(Oc3ccnc(COc4ccc(C(F)F)cc4F)n3)CC2)nc2ccc(C(=O)O)cc21. The Labute approximate surface area is 251 Å². The topological polar surface area (TPSA) is 138 Å². The van der Waals surface area contributed by atoms with Crippen LogP contribution in [0.15, 0.2) is 48.7 Å². The lowest BCUT2D eigenvalue weighted by molar-refractivity contribution is 0.0367. The number of ether oxygens (including phenoxy) is 3. The van der Waals surface area contributed by atoms with E-state index in [2.05, 4.69) is 19.9 Å². The van der Waals surface area contributed by atoms with Crippen molar-refractivity contribution in [2.75, 3.05) is 26.3 Å². The standard InChI is InChI=1S/C27H27F3N6O4.C3H6O/c28-19-11-16(26(29)30)2-4-22(19)39-14-23-32-8-5-25(34-23)40-18-6-9-35(10-7-18)13-24-33-20-3-1-17(27(37)38)12-21(20)36(24)15-31;1-2-4-3-1/h1-5,8,11-12,18,26H,6-7,9-10,13-15,31H2,(H,37,38);1-3H2. The largest absolute Gasteiger partial charge is 0.483 e. The number of nitrogens with two attached hydrogens (primary N) is 1. The van der Waals surface area contributed by atoms with Crippen LogP contribution in [0.2, 0.25) is 0 Å². The lowest BCUT2D eigenvalue weighted by Crippen LogP contribution is -2.38. The maximum Gasteiger partial charge on any atom is 0.335 e. The Morgan fingerprint density at radius 3 is 2.50 bits per heavy atom. The average Bonchev–Trinajstić information content (AvgIpc) is 3.33. The Balaban J connectivity index is 0.000000888. The third-order valence-corrected chi connectivity index (χ3v) is 7.27. The van der Waals surface area contributed by atoms with Gasteiger partial charge < -0.3 is 29.6 Å². The van der Waals surface area contributed by atoms with Crippen LogP contribution in [0, 0.1) is 5.82 Å². The van der Waals surface area contributed by atoms with Gasteiger partial charge in [0.2, 0.25) is 5.88 Å². The summed E-state index contributed by atoms with van der Waals surface area (Å²) in [4.78, 5) is 26.7. The molecule has 0 atom stereocenters. The van der Waals surface area contributed by atoms with Gasteiger partial charge in [-0.15, -0.1) is 0 Å². The van der Waals surface area contributed by atoms with Crippen LogP contribution in [0.5, 0.6) is 11.6 Å². The minimum absolute atomic E-state index is 0.0781. The number of nitrogens with zero attached hydrogens (tertiary/aromatic N) is 5. The predicted octanol–water partition coefficient (Wildman–Crippen LogP) is 4.55. The van der Waals surface area contributed by atoms with Crippen LogP contribution in [0.25, 0.3) is 11.0 Å². The Kier molecular flexibility index (Phi) is 10.2. The number of aromatic carboxylic acids is 1. The number of alkyl halides is 2. The summed E-state index contributed by atoms with van der Waals surface area (Å²) in [7, 11) is 0. The molecule has 2 saturated heterocycles. The molecular formula is C30H33F3N6O5. The van der Waals surface area contributed by atoms with Gasteiger partial charge in [-0.3, -0.25) is 4.90 Å². The summed E-state index contributed by atoms with van der Waals surface area (Å²) in [5.41, 5.74) is 7.10. The molecule has 6 rings (SSSR count). The summed E-state index contributed by atoms with van der Waals surface area (Å²) >= 11 is 0. The van der Waals surface area contributed by atoms with E-state index in [4.69, 9.17) is 19.9 Å². The molecule has 11 nitrogen and oxygen atoms in total. The van der Waals surface area contributed by atoms with E-state index in [1.54, 1.807) is 18.2 Å². The van der Waals surface area contributed by atoms with Crippen molar-refractivity contribution >= 4 is 17.0 Å². The number of hydrogen-bond acceptors (Lipinski definition) is 9. The highest BCUT2D eigenvalue weighted by Crippen LogP contribution is 2.26. The monoisotopic (exact) mass is 614 g/mol. The molecule has 0 radical (unpaired) electrons. The highest BCUT2D eigenvalue weighted by atomic mass is 19.3. The van der Waals surface area contributed by atoms with Crippen molar-refractivity contribution in [3.05, 3.63) is 77.3 Å². The van der Waals surface area contributed by atoms with E-state index >= 15 is 0 Å². The maximum absolute atomic E-state index is 14.1. The zero-order valence-corrected chi connectivity index (χ0v) is 23.9. The molecule has 44 heavy (non-hydrogen) atoms. The summed E-state index contributed by atoms with van der Waals surface area (Å²) in [6.07, 6.45) is 1.42. The Morgan fingerprint density at radius 1 is 1.11 bits per heavy atom. The normalized spacial score (nSPS) is 15.5. The summed E-state index contributed by atoms with van der Waals surface area (Å²) in [5, 5.41) is 9.30. The maximum atomic E-state index is 14.1. The van der Waals surface area contributed by atoms with Gasteiger partial charge in [0.25, 0.3) is 6.43 Å². The van der Waals surface area contributed by atoms with Crippen LogP contribution in [-0.4, -0.2) is 67.9 Å². The zero-order valence-electron chi connectivity index (χ0n) is 23.9. The highest BCUT2D eigenvalue weighted by Gasteiger charge is 2.23. The van der Waals surface area contributed by atoms with Crippen molar-refractivity contribution in [3.63, 3.8) is 0 Å². The van der Waals surface area contributed by atoms with Crippen molar-refractivity contribution in [1.82, 2.24) is 24.4 Å². The second kappa shape index (κ2) is 14.5. The fourth-order valence-corrected chi connectivity index (χ4v) is 4.76. The fraction of sp³-hybridized carbons (Fsp3) is 0.400. The number of fused-ring (bicyclic) bond motifs is 1. The van der Waals surface area contributed by atoms with Crippen molar-refractivity contribution in [2.24, 2.45) is 5.73 Å². The minimum Gasteiger partial charge on any atom is -0.483 e. The second-order valence-electron chi connectivity index (χ2n) is 10.3. The van der Waals surface area contributed by atoms with Crippen LogP contribution in [-0.2, 0) is 24.6 Å². The molecule has 4 aromatic rings. The molecule has 0 spiro atoms. The lowest BCUT2D eigenvalue weighted by Gasteiger charge is -2.31. The number of rotatable bonds is 10. The van der Waals surface area contributed by atoms with Crippen molar-refractivity contribution < 1.29 is 37.3 Å². The molecule has 0 saturated carbocycles. The number of benzene rings is 2. The van der Waals surface area contributed by atoms with Gasteiger partial charge in [-0.2, -0.15) is 4.98 Å². The van der Waals surface area contributed by atoms with Gasteiger partial charge in [0.05, 0.1) is 29.8 Å². The first-order valence-electron chi connectivity index (χ1n) is 14.2. The molecular weight excluding hydrogens is 581 g/mol. The average molecular weight is 615 g/mol. The minimum atomic E-state index is -2.77.